The van der Waals surface area contributed by atoms with Crippen molar-refractivity contribution in [1.82, 2.24) is 0 Å². The first-order valence-electron chi connectivity index (χ1n) is 8.38. The average Bonchev–Trinajstić information content (AvgIpc) is 3.23. The van der Waals surface area contributed by atoms with E-state index in [2.05, 4.69) is 0 Å². The second-order valence-corrected chi connectivity index (χ2v) is 6.36. The van der Waals surface area contributed by atoms with Crippen molar-refractivity contribution >= 4 is 5.97 Å². The molecule has 0 spiro atoms. The summed E-state index contributed by atoms with van der Waals surface area (Å²) >= 11 is 0. The summed E-state index contributed by atoms with van der Waals surface area (Å²) in [5, 5.41) is 11.4. The third-order valence-corrected chi connectivity index (χ3v) is 4.52. The lowest BCUT2D eigenvalue weighted by molar-refractivity contribution is -0.231. The fraction of sp³-hybridized carbons (Fsp3) is 0.190. The van der Waals surface area contributed by atoms with Crippen molar-refractivity contribution < 1.29 is 24.4 Å². The van der Waals surface area contributed by atoms with Gasteiger partial charge in [0, 0.05) is 17.6 Å². The molecule has 2 aliphatic heterocycles. The van der Waals surface area contributed by atoms with Gasteiger partial charge >= 0.3 is 5.97 Å². The zero-order valence-electron chi connectivity index (χ0n) is 14.3. The van der Waals surface area contributed by atoms with E-state index >= 15 is 0 Å². The van der Waals surface area contributed by atoms with Gasteiger partial charge in [-0.2, -0.15) is 4.89 Å². The van der Waals surface area contributed by atoms with Crippen molar-refractivity contribution in [1.29, 1.82) is 0 Å². The molecule has 2 heterocycles. The molecule has 132 valence electrons. The molecule has 0 saturated heterocycles. The Morgan fingerprint density at radius 3 is 2.62 bits per heavy atom. The predicted octanol–water partition coefficient (Wildman–Crippen LogP) is 3.08. The van der Waals surface area contributed by atoms with E-state index < -0.39 is 11.8 Å². The molecule has 2 aromatic rings. The first-order chi connectivity index (χ1) is 12.6. The quantitative estimate of drug-likeness (QED) is 0.678. The van der Waals surface area contributed by atoms with Crippen molar-refractivity contribution in [3.8, 4) is 0 Å². The minimum atomic E-state index is -1.85. The predicted molar refractivity (Wildman–Crippen MR) is 93.5 cm³/mol. The van der Waals surface area contributed by atoms with E-state index in [1.54, 1.807) is 12.1 Å². The summed E-state index contributed by atoms with van der Waals surface area (Å²) < 4.78 is 5.47. The Morgan fingerprint density at radius 1 is 1.12 bits per heavy atom. The van der Waals surface area contributed by atoms with Crippen LogP contribution in [0.3, 0.4) is 0 Å². The van der Waals surface area contributed by atoms with Crippen LogP contribution in [-0.2, 0) is 31.5 Å². The number of hydrogen-bond acceptors (Lipinski definition) is 5. The molecule has 2 aliphatic rings. The van der Waals surface area contributed by atoms with Gasteiger partial charge in [-0.15, -0.1) is 0 Å². The summed E-state index contributed by atoms with van der Waals surface area (Å²) in [6, 6.07) is 16.9. The number of aryl methyl sites for hydroxylation is 1. The molecule has 4 rings (SSSR count). The van der Waals surface area contributed by atoms with Crippen LogP contribution in [0.15, 0.2) is 77.6 Å². The number of esters is 1. The highest BCUT2D eigenvalue weighted by atomic mass is 17.2. The van der Waals surface area contributed by atoms with Crippen molar-refractivity contribution in [2.45, 2.75) is 19.1 Å². The lowest BCUT2D eigenvalue weighted by Gasteiger charge is -2.26. The van der Waals surface area contributed by atoms with E-state index in [1.165, 1.54) is 0 Å². The molecule has 1 atom stereocenters. The minimum Gasteiger partial charge on any atom is -0.421 e. The van der Waals surface area contributed by atoms with Crippen molar-refractivity contribution in [3.05, 3.63) is 94.3 Å². The topological polar surface area (TPSA) is 65.0 Å². The monoisotopic (exact) mass is 350 g/mol. The molecule has 0 aromatic heterocycles. The summed E-state index contributed by atoms with van der Waals surface area (Å²) in [6.07, 6.45) is 2.00. The van der Waals surface area contributed by atoms with Crippen molar-refractivity contribution in [2.24, 2.45) is 0 Å². The average molecular weight is 350 g/mol. The molecule has 5 nitrogen and oxygen atoms in total. The summed E-state index contributed by atoms with van der Waals surface area (Å²) in [5.41, 5.74) is 3.07. The van der Waals surface area contributed by atoms with Crippen LogP contribution in [0.1, 0.15) is 16.7 Å². The maximum atomic E-state index is 12.6. The Labute approximate surface area is 151 Å². The van der Waals surface area contributed by atoms with Gasteiger partial charge in [0.05, 0.1) is 0 Å². The second-order valence-electron chi connectivity index (χ2n) is 6.36. The normalized spacial score (nSPS) is 22.2. The Hall–Kier alpha value is -2.89. The largest absolute Gasteiger partial charge is 0.421 e. The van der Waals surface area contributed by atoms with Crippen molar-refractivity contribution in [2.75, 3.05) is 6.61 Å². The van der Waals surface area contributed by atoms with Gasteiger partial charge in [0.2, 0.25) is 0 Å². The van der Waals surface area contributed by atoms with Gasteiger partial charge in [-0.3, -0.25) is 0 Å². The molecule has 0 fully saturated rings. The molecule has 1 N–H and O–H groups in total. The molecule has 1 unspecified atom stereocenters. The van der Waals surface area contributed by atoms with Gasteiger partial charge < -0.3 is 14.7 Å². The summed E-state index contributed by atoms with van der Waals surface area (Å²) in [6.45, 7) is 2.16. The number of cyclic esters (lactones) is 1. The van der Waals surface area contributed by atoms with Gasteiger partial charge in [-0.1, -0.05) is 54.1 Å². The Balaban J connectivity index is 1.87. The van der Waals surface area contributed by atoms with Gasteiger partial charge in [0.25, 0.3) is 5.79 Å². The molecule has 2 aromatic carbocycles. The number of benzene rings is 2. The molecular formula is C21H18O5. The molecule has 0 aliphatic carbocycles. The smallest absolute Gasteiger partial charge is 0.345 e. The van der Waals surface area contributed by atoms with E-state index in [0.717, 1.165) is 11.1 Å². The Bertz CT molecular complexity index is 913. The number of aliphatic hydroxyl groups is 1. The van der Waals surface area contributed by atoms with E-state index in [-0.39, 0.29) is 17.9 Å². The summed E-state index contributed by atoms with van der Waals surface area (Å²) in [7, 11) is 0. The molecule has 0 saturated carbocycles. The molecule has 0 amide bonds. The molecule has 26 heavy (non-hydrogen) atoms. The van der Waals surface area contributed by atoms with E-state index in [9.17, 15) is 9.90 Å². The fourth-order valence-corrected chi connectivity index (χ4v) is 3.27. The number of hydrogen-bond donors (Lipinski definition) is 1. The fourth-order valence-electron chi connectivity index (χ4n) is 3.27. The van der Waals surface area contributed by atoms with Crippen molar-refractivity contribution in [3.63, 3.8) is 0 Å². The molecule has 5 heteroatoms. The van der Waals surface area contributed by atoms with Crippen LogP contribution in [0.4, 0.5) is 0 Å². The van der Waals surface area contributed by atoms with Crippen LogP contribution in [0.25, 0.3) is 0 Å². The van der Waals surface area contributed by atoms with Crippen LogP contribution < -0.4 is 0 Å². The number of rotatable bonds is 4. The van der Waals surface area contributed by atoms with E-state index in [0.29, 0.717) is 17.6 Å². The molecule has 0 bridgehead atoms. The third kappa shape index (κ3) is 2.81. The first kappa shape index (κ1) is 16.6. The van der Waals surface area contributed by atoms with Crippen LogP contribution in [0, 0.1) is 6.92 Å². The zero-order valence-corrected chi connectivity index (χ0v) is 14.3. The van der Waals surface area contributed by atoms with Gasteiger partial charge in [-0.05, 0) is 24.6 Å². The third-order valence-electron chi connectivity index (χ3n) is 4.52. The van der Waals surface area contributed by atoms with E-state index in [1.807, 2.05) is 55.5 Å². The lowest BCUT2D eigenvalue weighted by Crippen LogP contribution is -2.29. The van der Waals surface area contributed by atoms with Crippen LogP contribution >= 0.6 is 0 Å². The minimum absolute atomic E-state index is 0.218. The Morgan fingerprint density at radius 2 is 1.92 bits per heavy atom. The van der Waals surface area contributed by atoms with Gasteiger partial charge in [-0.25, -0.2) is 4.79 Å². The summed E-state index contributed by atoms with van der Waals surface area (Å²) in [4.78, 5) is 22.6. The number of ether oxygens (including phenoxy) is 1. The first-order valence-corrected chi connectivity index (χ1v) is 8.38. The lowest BCUT2D eigenvalue weighted by atomic mass is 9.89. The standard InChI is InChI=1S/C21H18O5/c1-14-6-5-9-16(12-14)21(23)17(13-15-7-3-2-4-8-15)19(20(22)25-21)18-10-11-24-26-18/h2-10,12,23H,11,13H2,1H3. The van der Waals surface area contributed by atoms with Crippen LogP contribution in [0.5, 0.6) is 0 Å². The summed E-state index contributed by atoms with van der Waals surface area (Å²) in [5.74, 6) is -2.19. The SMILES string of the molecule is Cc1cccc(C2(O)OC(=O)C(C3=CCOO3)=C2Cc2ccccc2)c1. The highest BCUT2D eigenvalue weighted by Crippen LogP contribution is 2.44. The highest BCUT2D eigenvalue weighted by Gasteiger charge is 2.49. The van der Waals surface area contributed by atoms with Crippen LogP contribution in [-0.4, -0.2) is 17.7 Å². The van der Waals surface area contributed by atoms with E-state index in [4.69, 9.17) is 14.5 Å². The highest BCUT2D eigenvalue weighted by molar-refractivity contribution is 5.97. The maximum Gasteiger partial charge on any atom is 0.345 e. The molecular weight excluding hydrogens is 332 g/mol. The Kier molecular flexibility index (Phi) is 4.11. The number of carbonyl (C=O) groups excluding carboxylic acids is 1. The molecule has 0 radical (unpaired) electrons. The number of carbonyl (C=O) groups is 1. The van der Waals surface area contributed by atoms with Gasteiger partial charge in [0.1, 0.15) is 12.2 Å². The van der Waals surface area contributed by atoms with Crippen LogP contribution in [0.2, 0.25) is 0 Å². The maximum absolute atomic E-state index is 12.6. The van der Waals surface area contributed by atoms with Gasteiger partial charge in [0.15, 0.2) is 5.76 Å². The second kappa shape index (κ2) is 6.44. The zero-order chi connectivity index (χ0) is 18.1.